The molecule has 31 heavy (non-hydrogen) atoms. The third-order valence-corrected chi connectivity index (χ3v) is 6.13. The molecule has 1 aliphatic carbocycles. The Labute approximate surface area is 184 Å². The molecule has 5 rings (SSSR count). The summed E-state index contributed by atoms with van der Waals surface area (Å²) in [5, 5.41) is 9.41. The first-order chi connectivity index (χ1) is 15.0. The average molecular weight is 447 g/mol. The second kappa shape index (κ2) is 8.62. The zero-order valence-corrected chi connectivity index (χ0v) is 18.0. The smallest absolute Gasteiger partial charge is 0.249 e. The molecule has 1 saturated carbocycles. The van der Waals surface area contributed by atoms with Gasteiger partial charge in [-0.1, -0.05) is 26.5 Å². The summed E-state index contributed by atoms with van der Waals surface area (Å²) in [6, 6.07) is 2.22. The molecular formula is C21H24F2N6OS. The average Bonchev–Trinajstić information content (AvgIpc) is 3.41. The van der Waals surface area contributed by atoms with Crippen LogP contribution in [-0.4, -0.2) is 39.6 Å². The highest BCUT2D eigenvalue weighted by Crippen LogP contribution is 2.43. The van der Waals surface area contributed by atoms with Crippen LogP contribution >= 0.6 is 11.8 Å². The molecule has 7 nitrogen and oxygen atoms in total. The molecule has 1 fully saturated rings. The normalized spacial score (nSPS) is 20.8. The first-order valence-electron chi connectivity index (χ1n) is 10.0. The van der Waals surface area contributed by atoms with Gasteiger partial charge in [0.2, 0.25) is 11.9 Å². The molecular weight excluding hydrogens is 422 g/mol. The number of halogens is 2. The van der Waals surface area contributed by atoms with E-state index in [2.05, 4.69) is 38.1 Å². The van der Waals surface area contributed by atoms with Crippen LogP contribution in [-0.2, 0) is 4.79 Å². The van der Waals surface area contributed by atoms with E-state index in [1.54, 1.807) is 4.90 Å². The molecule has 1 amide bonds. The third-order valence-electron chi connectivity index (χ3n) is 5.02. The Morgan fingerprint density at radius 1 is 1.35 bits per heavy atom. The van der Waals surface area contributed by atoms with E-state index in [4.69, 9.17) is 0 Å². The lowest BCUT2D eigenvalue weighted by Crippen LogP contribution is -2.35. The second-order valence-corrected chi connectivity index (χ2v) is 8.14. The van der Waals surface area contributed by atoms with Gasteiger partial charge in [-0.2, -0.15) is 4.98 Å². The molecule has 2 unspecified atom stereocenters. The molecule has 1 aromatic heterocycles. The van der Waals surface area contributed by atoms with Crippen molar-refractivity contribution in [3.8, 4) is 0 Å². The number of allylic oxidation sites excluding steroid dienone is 1. The van der Waals surface area contributed by atoms with Crippen molar-refractivity contribution in [3.63, 3.8) is 0 Å². The number of amides is 1. The minimum Gasteiger partial charge on any atom is -0.334 e. The van der Waals surface area contributed by atoms with E-state index < -0.39 is 17.5 Å². The van der Waals surface area contributed by atoms with E-state index in [-0.39, 0.29) is 13.9 Å². The predicted molar refractivity (Wildman–Crippen MR) is 120 cm³/mol. The minimum atomic E-state index is -0.970. The third kappa shape index (κ3) is 4.39. The molecule has 164 valence electrons. The zero-order valence-electron chi connectivity index (χ0n) is 17.2. The number of nitrogens with one attached hydrogen (secondary N) is 2. The number of anilines is 2. The van der Waals surface area contributed by atoms with Crippen molar-refractivity contribution in [3.05, 3.63) is 47.9 Å². The Morgan fingerprint density at radius 2 is 2.13 bits per heavy atom. The van der Waals surface area contributed by atoms with Gasteiger partial charge in [0.05, 0.1) is 5.69 Å². The highest BCUT2D eigenvalue weighted by molar-refractivity contribution is 7.99. The summed E-state index contributed by atoms with van der Waals surface area (Å²) < 4.78 is 27.2. The highest BCUT2D eigenvalue weighted by Gasteiger charge is 2.36. The van der Waals surface area contributed by atoms with Crippen molar-refractivity contribution >= 4 is 41.2 Å². The van der Waals surface area contributed by atoms with Crippen LogP contribution in [0.4, 0.5) is 20.4 Å². The van der Waals surface area contributed by atoms with Gasteiger partial charge >= 0.3 is 0 Å². The van der Waals surface area contributed by atoms with E-state index in [1.807, 2.05) is 20.1 Å². The Kier molecular flexibility index (Phi) is 5.90. The number of aromatic nitrogens is 3. The number of rotatable bonds is 4. The Balaban J connectivity index is 0.000000938. The summed E-state index contributed by atoms with van der Waals surface area (Å²) >= 11 is 1.35. The van der Waals surface area contributed by atoms with Crippen LogP contribution in [0.1, 0.15) is 27.5 Å². The number of nitrogens with zero attached hydrogens (tertiary/aromatic N) is 4. The summed E-state index contributed by atoms with van der Waals surface area (Å²) in [6.07, 6.45) is 5.08. The Bertz CT molecular complexity index is 1100. The lowest BCUT2D eigenvalue weighted by atomic mass is 10.2. The largest absolute Gasteiger partial charge is 0.334 e. The molecule has 0 saturated heterocycles. The van der Waals surface area contributed by atoms with E-state index in [0.29, 0.717) is 45.4 Å². The van der Waals surface area contributed by atoms with Crippen molar-refractivity contribution in [1.29, 1.82) is 0 Å². The van der Waals surface area contributed by atoms with Gasteiger partial charge in [0.1, 0.15) is 12.2 Å². The van der Waals surface area contributed by atoms with Gasteiger partial charge < -0.3 is 4.90 Å². The Hall–Kier alpha value is -3.01. The van der Waals surface area contributed by atoms with Crippen LogP contribution in [0.2, 0.25) is 0 Å². The molecule has 2 N–H and O–H groups in total. The van der Waals surface area contributed by atoms with Crippen LogP contribution in [0.3, 0.4) is 0 Å². The number of thioether (sulfide) groups is 1. The fourth-order valence-electron chi connectivity index (χ4n) is 3.35. The van der Waals surface area contributed by atoms with E-state index >= 15 is 0 Å². The number of hydrogen-bond donors (Lipinski definition) is 2. The number of carbonyl (C=O) groups is 1. The van der Waals surface area contributed by atoms with Crippen molar-refractivity contribution in [2.24, 2.45) is 16.8 Å². The number of hydrogen-bond acceptors (Lipinski definition) is 6. The van der Waals surface area contributed by atoms with Crippen molar-refractivity contribution in [2.45, 2.75) is 25.2 Å². The lowest BCUT2D eigenvalue weighted by Gasteiger charge is -2.32. The summed E-state index contributed by atoms with van der Waals surface area (Å²) in [5.41, 5.74) is 1.75. The molecule has 10 heteroatoms. The van der Waals surface area contributed by atoms with Gasteiger partial charge in [-0.3, -0.25) is 20.2 Å². The van der Waals surface area contributed by atoms with Gasteiger partial charge in [0.25, 0.3) is 0 Å². The number of aromatic amines is 1. The van der Waals surface area contributed by atoms with Crippen LogP contribution in [0.25, 0.3) is 5.70 Å². The van der Waals surface area contributed by atoms with E-state index in [0.717, 1.165) is 18.6 Å². The number of fused-ring (bicyclic) bond motifs is 2. The molecule has 2 atom stereocenters. The molecule has 1 aromatic carbocycles. The maximum absolute atomic E-state index is 13.7. The second-order valence-electron chi connectivity index (χ2n) is 7.12. The number of H-pyrrole nitrogens is 1. The van der Waals surface area contributed by atoms with Gasteiger partial charge in [0.15, 0.2) is 17.5 Å². The standard InChI is InChI=1S/C19H16F2N6OS.C2H6.H2/c1-9-8-29-16-5-13(21)12(20)4-15(16)27(9)7-17(28)23-19-24-18(25-26-19)14-3-10-2-11(10)6-22-14;1-2;/h3-6,10-11H,1-2,7-8H2,(H2,23,24,25,26,28);1-2H3;1H. The fourth-order valence-corrected chi connectivity index (χ4v) is 4.33. The van der Waals surface area contributed by atoms with Crippen LogP contribution in [0, 0.1) is 23.5 Å². The van der Waals surface area contributed by atoms with Crippen LogP contribution in [0.15, 0.2) is 40.4 Å². The number of carbonyl (C=O) groups excluding carboxylic acids is 1. The van der Waals surface area contributed by atoms with Gasteiger partial charge in [-0.15, -0.1) is 16.9 Å². The number of aliphatic imine (C=N–C) groups is 1. The van der Waals surface area contributed by atoms with Gasteiger partial charge in [-0.25, -0.2) is 8.78 Å². The topological polar surface area (TPSA) is 86.3 Å². The summed E-state index contributed by atoms with van der Waals surface area (Å²) in [6.45, 7) is 7.81. The van der Waals surface area contributed by atoms with Crippen molar-refractivity contribution in [2.75, 3.05) is 22.5 Å². The van der Waals surface area contributed by atoms with Crippen molar-refractivity contribution < 1.29 is 15.0 Å². The molecule has 0 radical (unpaired) electrons. The van der Waals surface area contributed by atoms with E-state index in [1.165, 1.54) is 11.8 Å². The first kappa shape index (κ1) is 21.2. The molecule has 0 bridgehead atoms. The quantitative estimate of drug-likeness (QED) is 0.723. The maximum atomic E-state index is 13.7. The molecule has 0 spiro atoms. The van der Waals surface area contributed by atoms with Gasteiger partial charge in [0, 0.05) is 36.0 Å². The number of benzene rings is 1. The molecule has 3 aliphatic rings. The van der Waals surface area contributed by atoms with Crippen LogP contribution in [0.5, 0.6) is 0 Å². The maximum Gasteiger partial charge on any atom is 0.249 e. The highest BCUT2D eigenvalue weighted by atomic mass is 32.2. The summed E-state index contributed by atoms with van der Waals surface area (Å²) in [5.74, 6) is -0.143. The fraction of sp³-hybridized carbons (Fsp3) is 0.333. The predicted octanol–water partition coefficient (Wildman–Crippen LogP) is 4.48. The molecule has 2 aliphatic heterocycles. The van der Waals surface area contributed by atoms with Gasteiger partial charge in [-0.05, 0) is 18.4 Å². The van der Waals surface area contributed by atoms with E-state index in [9.17, 15) is 13.6 Å². The SMILES string of the molecule is C=C1CSc2cc(F)c(F)cc2N1CC(=O)Nc1n[nH]c(C2=CC3CC3C=N2)n1.CC.[HH]. The molecule has 3 heterocycles. The van der Waals surface area contributed by atoms with Crippen LogP contribution < -0.4 is 10.2 Å². The van der Waals surface area contributed by atoms with Crippen molar-refractivity contribution in [1.82, 2.24) is 15.2 Å². The lowest BCUT2D eigenvalue weighted by molar-refractivity contribution is -0.115. The summed E-state index contributed by atoms with van der Waals surface area (Å²) in [7, 11) is 0. The first-order valence-corrected chi connectivity index (χ1v) is 11.0. The minimum absolute atomic E-state index is 0. The Morgan fingerprint density at radius 3 is 2.90 bits per heavy atom. The summed E-state index contributed by atoms with van der Waals surface area (Å²) in [4.78, 5) is 23.3. The zero-order chi connectivity index (χ0) is 22.1. The molecule has 2 aromatic rings. The monoisotopic (exact) mass is 446 g/mol.